The van der Waals surface area contributed by atoms with Gasteiger partial charge in [0.15, 0.2) is 0 Å². The normalized spacial score (nSPS) is 22.2. The van der Waals surface area contributed by atoms with E-state index in [1.165, 1.54) is 17.1 Å². The molecule has 0 aromatic heterocycles. The summed E-state index contributed by atoms with van der Waals surface area (Å²) >= 11 is 0. The Morgan fingerprint density at radius 2 is 1.84 bits per heavy atom. The molecule has 6 heteroatoms. The van der Waals surface area contributed by atoms with E-state index >= 15 is 0 Å². The van der Waals surface area contributed by atoms with Crippen LogP contribution < -0.4 is 5.32 Å². The van der Waals surface area contributed by atoms with Gasteiger partial charge in [-0.2, -0.15) is 17.0 Å². The molecule has 0 bridgehead atoms. The minimum Gasteiger partial charge on any atom is -0.314 e. The topological polar surface area (TPSA) is 52.7 Å². The Morgan fingerprint density at radius 3 is 2.37 bits per heavy atom. The molecule has 2 fully saturated rings. The smallest absolute Gasteiger partial charge is 0.281 e. The molecule has 2 aliphatic carbocycles. The Hall–Kier alpha value is -0.170. The third kappa shape index (κ3) is 4.15. The van der Waals surface area contributed by atoms with Gasteiger partial charge in [-0.15, -0.1) is 0 Å². The molecule has 1 atom stereocenters. The predicted molar refractivity (Wildman–Crippen MR) is 77.1 cm³/mol. The van der Waals surface area contributed by atoms with Crippen molar-refractivity contribution in [3.05, 3.63) is 0 Å². The average Bonchev–Trinajstić information content (AvgIpc) is 3.25. The first-order valence-corrected chi connectivity index (χ1v) is 8.75. The summed E-state index contributed by atoms with van der Waals surface area (Å²) in [7, 11) is 0.0993. The minimum absolute atomic E-state index is 0.122. The van der Waals surface area contributed by atoms with E-state index < -0.39 is 10.2 Å². The number of nitrogens with one attached hydrogen (secondary N) is 1. The third-order valence-corrected chi connectivity index (χ3v) is 6.33. The van der Waals surface area contributed by atoms with E-state index in [9.17, 15) is 8.42 Å². The molecule has 1 N–H and O–H groups in total. The Labute approximate surface area is 117 Å². The van der Waals surface area contributed by atoms with Gasteiger partial charge in [0.2, 0.25) is 0 Å². The van der Waals surface area contributed by atoms with Crippen LogP contribution in [0.5, 0.6) is 0 Å². The maximum absolute atomic E-state index is 12.4. The molecule has 5 nitrogen and oxygen atoms in total. The van der Waals surface area contributed by atoms with Crippen molar-refractivity contribution in [3.8, 4) is 0 Å². The van der Waals surface area contributed by atoms with Crippen LogP contribution in [0.1, 0.15) is 39.0 Å². The third-order valence-electron chi connectivity index (χ3n) is 4.30. The molecular weight excluding hydrogens is 262 g/mol. The van der Waals surface area contributed by atoms with Crippen LogP contribution in [0.25, 0.3) is 0 Å². The molecule has 2 rings (SSSR count). The lowest BCUT2D eigenvalue weighted by Gasteiger charge is -2.29. The van der Waals surface area contributed by atoms with Gasteiger partial charge in [-0.05, 0) is 51.5 Å². The first-order chi connectivity index (χ1) is 8.93. The first-order valence-electron chi connectivity index (χ1n) is 7.35. The maximum atomic E-state index is 12.4. The van der Waals surface area contributed by atoms with Crippen LogP contribution in [-0.4, -0.2) is 56.3 Å². The van der Waals surface area contributed by atoms with Gasteiger partial charge in [0.25, 0.3) is 10.2 Å². The van der Waals surface area contributed by atoms with Gasteiger partial charge in [0, 0.05) is 32.7 Å². The van der Waals surface area contributed by atoms with Gasteiger partial charge in [-0.1, -0.05) is 0 Å². The average molecular weight is 289 g/mol. The first kappa shape index (κ1) is 15.2. The molecule has 0 aromatic rings. The van der Waals surface area contributed by atoms with Crippen molar-refractivity contribution in [2.75, 3.05) is 27.2 Å². The van der Waals surface area contributed by atoms with Crippen LogP contribution in [0.15, 0.2) is 0 Å². The van der Waals surface area contributed by atoms with E-state index in [0.29, 0.717) is 18.5 Å². The quantitative estimate of drug-likeness (QED) is 0.645. The predicted octanol–water partition coefficient (Wildman–Crippen LogP) is 1.04. The summed E-state index contributed by atoms with van der Waals surface area (Å²) in [4.78, 5) is 0. The molecular formula is C13H27N3O2S. The van der Waals surface area contributed by atoms with Crippen molar-refractivity contribution in [3.63, 3.8) is 0 Å². The molecule has 0 radical (unpaired) electrons. The summed E-state index contributed by atoms with van der Waals surface area (Å²) < 4.78 is 27.8. The summed E-state index contributed by atoms with van der Waals surface area (Å²) in [5.41, 5.74) is 0. The lowest BCUT2D eigenvalue weighted by atomic mass is 10.2. The number of nitrogens with zero attached hydrogens (tertiary/aromatic N) is 2. The SMILES string of the molecule is CC(C1CC1)N(C)S(=O)(=O)N(C)CCCNC1CC1. The highest BCUT2D eigenvalue weighted by atomic mass is 32.2. The van der Waals surface area contributed by atoms with Crippen LogP contribution in [0.4, 0.5) is 0 Å². The van der Waals surface area contributed by atoms with Crippen LogP contribution in [0, 0.1) is 5.92 Å². The lowest BCUT2D eigenvalue weighted by Crippen LogP contribution is -2.45. The fraction of sp³-hybridized carbons (Fsp3) is 1.00. The molecule has 1 unspecified atom stereocenters. The summed E-state index contributed by atoms with van der Waals surface area (Å²) in [6.45, 7) is 3.51. The molecule has 2 saturated carbocycles. The van der Waals surface area contributed by atoms with Gasteiger partial charge in [0.1, 0.15) is 0 Å². The molecule has 0 amide bonds. The van der Waals surface area contributed by atoms with E-state index in [4.69, 9.17) is 0 Å². The van der Waals surface area contributed by atoms with Crippen molar-refractivity contribution < 1.29 is 8.42 Å². The van der Waals surface area contributed by atoms with Crippen molar-refractivity contribution in [2.24, 2.45) is 5.92 Å². The zero-order valence-electron chi connectivity index (χ0n) is 12.3. The highest BCUT2D eigenvalue weighted by molar-refractivity contribution is 7.86. The Kier molecular flexibility index (Phi) is 4.87. The molecule has 0 spiro atoms. The van der Waals surface area contributed by atoms with E-state index in [-0.39, 0.29) is 6.04 Å². The van der Waals surface area contributed by atoms with Crippen molar-refractivity contribution in [1.29, 1.82) is 0 Å². The van der Waals surface area contributed by atoms with E-state index in [0.717, 1.165) is 25.8 Å². The molecule has 0 aliphatic heterocycles. The number of hydrogen-bond donors (Lipinski definition) is 1. The second kappa shape index (κ2) is 6.08. The van der Waals surface area contributed by atoms with Crippen LogP contribution >= 0.6 is 0 Å². The Balaban J connectivity index is 1.75. The molecule has 0 aromatic carbocycles. The minimum atomic E-state index is -3.29. The second-order valence-corrected chi connectivity index (χ2v) is 8.10. The zero-order valence-corrected chi connectivity index (χ0v) is 13.1. The Morgan fingerprint density at radius 1 is 1.21 bits per heavy atom. The highest BCUT2D eigenvalue weighted by Gasteiger charge is 2.36. The molecule has 0 saturated heterocycles. The molecule has 0 heterocycles. The maximum Gasteiger partial charge on any atom is 0.281 e. The molecule has 19 heavy (non-hydrogen) atoms. The monoisotopic (exact) mass is 289 g/mol. The van der Waals surface area contributed by atoms with Gasteiger partial charge in [-0.3, -0.25) is 0 Å². The summed E-state index contributed by atoms with van der Waals surface area (Å²) in [6, 6.07) is 0.816. The molecule has 112 valence electrons. The van der Waals surface area contributed by atoms with E-state index in [1.807, 2.05) is 6.92 Å². The van der Waals surface area contributed by atoms with Crippen LogP contribution in [-0.2, 0) is 10.2 Å². The Bertz CT molecular complexity index is 391. The van der Waals surface area contributed by atoms with Crippen molar-refractivity contribution in [1.82, 2.24) is 13.9 Å². The van der Waals surface area contributed by atoms with Gasteiger partial charge >= 0.3 is 0 Å². The largest absolute Gasteiger partial charge is 0.314 e. The summed E-state index contributed by atoms with van der Waals surface area (Å²) in [5.74, 6) is 0.560. The summed E-state index contributed by atoms with van der Waals surface area (Å²) in [5, 5.41) is 3.41. The standard InChI is InChI=1S/C13H27N3O2S/c1-11(12-5-6-12)16(3)19(17,18)15(2)10-4-9-14-13-7-8-13/h11-14H,4-10H2,1-3H3. The fourth-order valence-corrected chi connectivity index (χ4v) is 3.71. The van der Waals surface area contributed by atoms with E-state index in [1.54, 1.807) is 18.4 Å². The van der Waals surface area contributed by atoms with E-state index in [2.05, 4.69) is 5.32 Å². The highest BCUT2D eigenvalue weighted by Crippen LogP contribution is 2.35. The van der Waals surface area contributed by atoms with Gasteiger partial charge in [0.05, 0.1) is 0 Å². The second-order valence-electron chi connectivity index (χ2n) is 6.01. The van der Waals surface area contributed by atoms with Gasteiger partial charge < -0.3 is 5.32 Å². The summed E-state index contributed by atoms with van der Waals surface area (Å²) in [6.07, 6.45) is 5.75. The fourth-order valence-electron chi connectivity index (χ4n) is 2.32. The molecule has 2 aliphatic rings. The van der Waals surface area contributed by atoms with Crippen LogP contribution in [0.3, 0.4) is 0 Å². The number of hydrogen-bond acceptors (Lipinski definition) is 3. The lowest BCUT2D eigenvalue weighted by molar-refractivity contribution is 0.321. The van der Waals surface area contributed by atoms with Crippen molar-refractivity contribution in [2.45, 2.75) is 51.1 Å². The zero-order chi connectivity index (χ0) is 14.0. The number of rotatable bonds is 9. The van der Waals surface area contributed by atoms with Crippen molar-refractivity contribution >= 4 is 10.2 Å². The van der Waals surface area contributed by atoms with Crippen LogP contribution in [0.2, 0.25) is 0 Å². The van der Waals surface area contributed by atoms with Gasteiger partial charge in [-0.25, -0.2) is 0 Å².